The molecule has 33 heavy (non-hydrogen) atoms. The minimum Gasteiger partial charge on any atom is -0.482 e. The molecule has 2 heterocycles. The van der Waals surface area contributed by atoms with Crippen LogP contribution in [0.3, 0.4) is 0 Å². The number of halogens is 3. The van der Waals surface area contributed by atoms with Crippen molar-refractivity contribution in [2.45, 2.75) is 31.1 Å². The number of β-amino-alcohol motifs (C(OH)–C–C–N with tert-alkyl or cyclic N) is 1. The van der Waals surface area contributed by atoms with Crippen molar-refractivity contribution in [3.8, 4) is 5.75 Å². The van der Waals surface area contributed by atoms with Gasteiger partial charge in [-0.05, 0) is 42.7 Å². The highest BCUT2D eigenvalue weighted by molar-refractivity contribution is 6.35. The summed E-state index contributed by atoms with van der Waals surface area (Å²) >= 11 is 19.3. The van der Waals surface area contributed by atoms with Crippen molar-refractivity contribution in [3.05, 3.63) is 56.5 Å². The Morgan fingerprint density at radius 1 is 1.09 bits per heavy atom. The maximum absolute atomic E-state index is 12.4. The third kappa shape index (κ3) is 4.06. The van der Waals surface area contributed by atoms with Crippen LogP contribution in [0.15, 0.2) is 30.3 Å². The minimum absolute atomic E-state index is 0.0179. The second kappa shape index (κ2) is 8.64. The molecule has 2 aromatic carbocycles. The molecule has 1 aliphatic carbocycles. The summed E-state index contributed by atoms with van der Waals surface area (Å²) in [6, 6.07) is 7.93. The normalized spacial score (nSPS) is 25.3. The molecule has 3 aliphatic rings. The number of carbonyl (C=O) groups is 2. The third-order valence-electron chi connectivity index (χ3n) is 6.49. The average Bonchev–Trinajstić information content (AvgIpc) is 3.41. The predicted octanol–water partition coefficient (Wildman–Crippen LogP) is 4.16. The molecule has 2 saturated heterocycles. The summed E-state index contributed by atoms with van der Waals surface area (Å²) in [5, 5.41) is 11.5. The molecule has 1 N–H and O–H groups in total. The highest BCUT2D eigenvalue weighted by atomic mass is 35.5. The van der Waals surface area contributed by atoms with Crippen LogP contribution in [0.1, 0.15) is 23.7 Å². The van der Waals surface area contributed by atoms with E-state index in [9.17, 15) is 14.7 Å². The Morgan fingerprint density at radius 2 is 1.88 bits per heavy atom. The first-order valence-corrected chi connectivity index (χ1v) is 11.8. The SMILES string of the molecule is CN1CC(=O)N(c2ccc(Cl)c(O[C@H]3c4cc(Cl)cc(Cl)c4C[C@@H]3N3CCC(O)C3)c2)C1=O. The number of ether oxygens (including phenoxy) is 1. The van der Waals surface area contributed by atoms with Crippen LogP contribution in [0.5, 0.6) is 5.75 Å². The maximum Gasteiger partial charge on any atom is 0.331 e. The van der Waals surface area contributed by atoms with Crippen LogP contribution in [0.2, 0.25) is 15.1 Å². The van der Waals surface area contributed by atoms with E-state index in [4.69, 9.17) is 39.5 Å². The van der Waals surface area contributed by atoms with Gasteiger partial charge in [0.15, 0.2) is 0 Å². The number of hydrogen-bond donors (Lipinski definition) is 1. The van der Waals surface area contributed by atoms with Crippen molar-refractivity contribution in [2.75, 3.05) is 31.6 Å². The number of urea groups is 1. The summed E-state index contributed by atoms with van der Waals surface area (Å²) in [7, 11) is 1.57. The molecule has 0 saturated carbocycles. The average molecular weight is 511 g/mol. The largest absolute Gasteiger partial charge is 0.482 e. The first kappa shape index (κ1) is 22.7. The van der Waals surface area contributed by atoms with Crippen LogP contribution >= 0.6 is 34.8 Å². The Hall–Kier alpha value is -2.03. The summed E-state index contributed by atoms with van der Waals surface area (Å²) in [5.41, 5.74) is 2.22. The quantitative estimate of drug-likeness (QED) is 0.626. The van der Waals surface area contributed by atoms with Gasteiger partial charge in [-0.3, -0.25) is 9.69 Å². The number of hydrogen-bond acceptors (Lipinski definition) is 5. The molecular formula is C23H22Cl3N3O4. The minimum atomic E-state index is -0.443. The number of likely N-dealkylation sites (N-methyl/N-ethyl adjacent to an activating group) is 1. The van der Waals surface area contributed by atoms with Crippen molar-refractivity contribution in [1.82, 2.24) is 9.80 Å². The van der Waals surface area contributed by atoms with Gasteiger partial charge in [0.25, 0.3) is 5.91 Å². The summed E-state index contributed by atoms with van der Waals surface area (Å²) in [6.45, 7) is 1.30. The number of likely N-dealkylation sites (tertiary alicyclic amines) is 1. The van der Waals surface area contributed by atoms with Crippen molar-refractivity contribution in [2.24, 2.45) is 0 Å². The Bertz CT molecular complexity index is 1140. The fourth-order valence-electron chi connectivity index (χ4n) is 4.88. The molecule has 0 bridgehead atoms. The number of aliphatic hydroxyl groups is 1. The van der Waals surface area contributed by atoms with Gasteiger partial charge < -0.3 is 14.7 Å². The van der Waals surface area contributed by atoms with Crippen LogP contribution < -0.4 is 9.64 Å². The second-order valence-corrected chi connectivity index (χ2v) is 9.94. The molecule has 1 unspecified atom stereocenters. The number of amides is 3. The van der Waals surface area contributed by atoms with Crippen molar-refractivity contribution in [3.63, 3.8) is 0 Å². The topological polar surface area (TPSA) is 73.3 Å². The predicted molar refractivity (Wildman–Crippen MR) is 126 cm³/mol. The molecule has 0 spiro atoms. The second-order valence-electron chi connectivity index (χ2n) is 8.69. The first-order chi connectivity index (χ1) is 15.7. The van der Waals surface area contributed by atoms with E-state index in [-0.39, 0.29) is 24.6 Å². The molecule has 0 aromatic heterocycles. The summed E-state index contributed by atoms with van der Waals surface area (Å²) in [6.07, 6.45) is 0.511. The molecule has 0 radical (unpaired) electrons. The van der Waals surface area contributed by atoms with Gasteiger partial charge in [-0.1, -0.05) is 34.8 Å². The zero-order valence-electron chi connectivity index (χ0n) is 17.8. The Kier molecular flexibility index (Phi) is 5.95. The van der Waals surface area contributed by atoms with E-state index >= 15 is 0 Å². The number of nitrogens with zero attached hydrogens (tertiary/aromatic N) is 3. The van der Waals surface area contributed by atoms with Gasteiger partial charge in [0.2, 0.25) is 0 Å². The fraction of sp³-hybridized carbons (Fsp3) is 0.391. The Balaban J connectivity index is 1.51. The lowest BCUT2D eigenvalue weighted by Crippen LogP contribution is -2.39. The van der Waals surface area contributed by atoms with Crippen LogP contribution in [-0.2, 0) is 11.2 Å². The highest BCUT2D eigenvalue weighted by Crippen LogP contribution is 2.45. The summed E-state index contributed by atoms with van der Waals surface area (Å²) < 4.78 is 6.47. The van der Waals surface area contributed by atoms with E-state index in [1.165, 1.54) is 4.90 Å². The number of carbonyl (C=O) groups excluding carboxylic acids is 2. The zero-order chi connectivity index (χ0) is 23.4. The zero-order valence-corrected chi connectivity index (χ0v) is 20.1. The fourth-order valence-corrected chi connectivity index (χ4v) is 5.63. The van der Waals surface area contributed by atoms with Crippen LogP contribution in [0, 0.1) is 0 Å². The van der Waals surface area contributed by atoms with Gasteiger partial charge in [-0.15, -0.1) is 0 Å². The molecule has 5 rings (SSSR count). The third-order valence-corrected chi connectivity index (χ3v) is 7.36. The highest BCUT2D eigenvalue weighted by Gasteiger charge is 2.42. The van der Waals surface area contributed by atoms with Crippen molar-refractivity contribution in [1.29, 1.82) is 0 Å². The Labute approximate surface area is 206 Å². The molecule has 2 aliphatic heterocycles. The lowest BCUT2D eigenvalue weighted by molar-refractivity contribution is -0.116. The van der Waals surface area contributed by atoms with Crippen LogP contribution in [0.25, 0.3) is 0 Å². The van der Waals surface area contributed by atoms with Crippen LogP contribution in [-0.4, -0.2) is 65.7 Å². The molecular weight excluding hydrogens is 489 g/mol. The molecule has 3 amide bonds. The lowest BCUT2D eigenvalue weighted by Gasteiger charge is -2.30. The molecule has 7 nitrogen and oxygen atoms in total. The van der Waals surface area contributed by atoms with Gasteiger partial charge in [-0.25, -0.2) is 9.69 Å². The molecule has 2 fully saturated rings. The van der Waals surface area contributed by atoms with Crippen LogP contribution in [0.4, 0.5) is 10.5 Å². The summed E-state index contributed by atoms with van der Waals surface area (Å²) in [5.74, 6) is 0.0347. The number of benzene rings is 2. The van der Waals surface area contributed by atoms with Crippen molar-refractivity contribution < 1.29 is 19.4 Å². The standard InChI is InChI=1S/C23H22Cl3N3O4/c1-27-11-21(31)29(23(27)32)13-2-3-17(25)20(8-13)33-22-16-6-12(24)7-18(26)15(16)9-19(22)28-5-4-14(30)10-28/h2-3,6-8,14,19,22,30H,4-5,9-11H2,1H3/t14?,19-,22-/m0/s1. The van der Waals surface area contributed by atoms with E-state index in [0.717, 1.165) is 22.6 Å². The monoisotopic (exact) mass is 509 g/mol. The van der Waals surface area contributed by atoms with Gasteiger partial charge in [0, 0.05) is 41.8 Å². The first-order valence-electron chi connectivity index (χ1n) is 10.7. The van der Waals surface area contributed by atoms with E-state index in [0.29, 0.717) is 45.9 Å². The van der Waals surface area contributed by atoms with E-state index < -0.39 is 12.1 Å². The number of rotatable bonds is 4. The van der Waals surface area contributed by atoms with E-state index in [1.807, 2.05) is 6.07 Å². The molecule has 174 valence electrons. The number of fused-ring (bicyclic) bond motifs is 1. The molecule has 2 aromatic rings. The number of aliphatic hydroxyl groups excluding tert-OH is 1. The van der Waals surface area contributed by atoms with E-state index in [1.54, 1.807) is 31.3 Å². The maximum atomic E-state index is 12.4. The molecule has 10 heteroatoms. The van der Waals surface area contributed by atoms with E-state index in [2.05, 4.69) is 4.90 Å². The van der Waals surface area contributed by atoms with Gasteiger partial charge in [-0.2, -0.15) is 0 Å². The number of imide groups is 1. The lowest BCUT2D eigenvalue weighted by atomic mass is 10.1. The smallest absolute Gasteiger partial charge is 0.331 e. The molecule has 3 atom stereocenters. The van der Waals surface area contributed by atoms with Crippen molar-refractivity contribution >= 4 is 52.4 Å². The van der Waals surface area contributed by atoms with Gasteiger partial charge in [0.05, 0.1) is 22.9 Å². The summed E-state index contributed by atoms with van der Waals surface area (Å²) in [4.78, 5) is 29.5. The number of anilines is 1. The Morgan fingerprint density at radius 3 is 2.55 bits per heavy atom. The van der Waals surface area contributed by atoms with Gasteiger partial charge >= 0.3 is 6.03 Å². The van der Waals surface area contributed by atoms with Gasteiger partial charge in [0.1, 0.15) is 18.4 Å².